The number of para-hydroxylation sites is 1. The maximum Gasteiger partial charge on any atom is 0.169 e. The van der Waals surface area contributed by atoms with Crippen molar-refractivity contribution in [3.8, 4) is 5.75 Å². The minimum Gasteiger partial charge on any atom is -0.496 e. The summed E-state index contributed by atoms with van der Waals surface area (Å²) in [4.78, 5) is 2.15. The van der Waals surface area contributed by atoms with Crippen molar-refractivity contribution < 1.29 is 9.47 Å². The van der Waals surface area contributed by atoms with Crippen molar-refractivity contribution in [2.45, 2.75) is 25.5 Å². The van der Waals surface area contributed by atoms with E-state index in [1.54, 1.807) is 13.2 Å². The Morgan fingerprint density at radius 2 is 2.36 bits per heavy atom. The summed E-state index contributed by atoms with van der Waals surface area (Å²) >= 11 is 5.52. The molecular weight excluding hydrogens is 296 g/mol. The minimum atomic E-state index is 0.248. The smallest absolute Gasteiger partial charge is 0.169 e. The van der Waals surface area contributed by atoms with Crippen LogP contribution in [0.4, 0.5) is 0 Å². The number of ether oxygens (including phenoxy) is 2. The average molecular weight is 320 g/mol. The van der Waals surface area contributed by atoms with Crippen LogP contribution in [0.3, 0.4) is 0 Å². The fourth-order valence-corrected chi connectivity index (χ4v) is 2.79. The van der Waals surface area contributed by atoms with E-state index < -0.39 is 0 Å². The molecule has 5 heteroatoms. The Balaban J connectivity index is 2.08. The lowest BCUT2D eigenvalue weighted by Crippen LogP contribution is -2.43. The molecule has 1 unspecified atom stereocenters. The molecule has 1 heterocycles. The molecule has 1 aromatic carbocycles. The van der Waals surface area contributed by atoms with Crippen LogP contribution in [-0.4, -0.2) is 42.9 Å². The van der Waals surface area contributed by atoms with Crippen molar-refractivity contribution in [2.24, 2.45) is 0 Å². The second-order valence-corrected chi connectivity index (χ2v) is 5.69. The van der Waals surface area contributed by atoms with Crippen LogP contribution in [0.1, 0.15) is 18.4 Å². The van der Waals surface area contributed by atoms with Crippen LogP contribution in [0.5, 0.6) is 5.75 Å². The highest BCUT2D eigenvalue weighted by molar-refractivity contribution is 7.80. The number of nitrogens with zero attached hydrogens (tertiary/aromatic N) is 1. The van der Waals surface area contributed by atoms with Gasteiger partial charge in [-0.25, -0.2) is 0 Å². The summed E-state index contributed by atoms with van der Waals surface area (Å²) in [5.74, 6) is 0.881. The Labute approximate surface area is 138 Å². The monoisotopic (exact) mass is 320 g/mol. The van der Waals surface area contributed by atoms with E-state index in [1.165, 1.54) is 0 Å². The Morgan fingerprint density at radius 1 is 1.55 bits per heavy atom. The summed E-state index contributed by atoms with van der Waals surface area (Å²) in [6.07, 6.45) is 4.27. The first kappa shape index (κ1) is 16.8. The third-order valence-corrected chi connectivity index (χ3v) is 4.09. The lowest BCUT2D eigenvalue weighted by molar-refractivity contribution is 0.0896. The SMILES string of the molecule is C=CCNC(=S)N(Cc1ccccc1OC)CC1CCCO1. The highest BCUT2D eigenvalue weighted by Gasteiger charge is 2.21. The number of benzene rings is 1. The van der Waals surface area contributed by atoms with Gasteiger partial charge in [-0.15, -0.1) is 6.58 Å². The molecule has 120 valence electrons. The second-order valence-electron chi connectivity index (χ2n) is 5.30. The molecule has 0 spiro atoms. The number of rotatable bonds is 7. The zero-order chi connectivity index (χ0) is 15.8. The van der Waals surface area contributed by atoms with Crippen molar-refractivity contribution in [3.05, 3.63) is 42.5 Å². The highest BCUT2D eigenvalue weighted by atomic mass is 32.1. The molecule has 1 aromatic rings. The Bertz CT molecular complexity index is 501. The molecule has 1 saturated heterocycles. The summed E-state index contributed by atoms with van der Waals surface area (Å²) in [7, 11) is 1.69. The molecule has 1 aliphatic heterocycles. The first-order chi connectivity index (χ1) is 10.7. The van der Waals surface area contributed by atoms with Gasteiger partial charge in [-0.1, -0.05) is 24.3 Å². The Kier molecular flexibility index (Phi) is 6.68. The van der Waals surface area contributed by atoms with Crippen molar-refractivity contribution in [1.82, 2.24) is 10.2 Å². The third-order valence-electron chi connectivity index (χ3n) is 3.69. The van der Waals surface area contributed by atoms with Gasteiger partial charge in [0.05, 0.1) is 13.2 Å². The summed E-state index contributed by atoms with van der Waals surface area (Å²) in [5, 5.41) is 3.93. The van der Waals surface area contributed by atoms with E-state index >= 15 is 0 Å². The van der Waals surface area contributed by atoms with Gasteiger partial charge in [0.25, 0.3) is 0 Å². The Morgan fingerprint density at radius 3 is 3.05 bits per heavy atom. The van der Waals surface area contributed by atoms with Crippen LogP contribution >= 0.6 is 12.2 Å². The maximum atomic E-state index is 5.75. The number of thiocarbonyl (C=S) groups is 1. The van der Waals surface area contributed by atoms with Crippen LogP contribution in [0, 0.1) is 0 Å². The van der Waals surface area contributed by atoms with Crippen molar-refractivity contribution in [3.63, 3.8) is 0 Å². The standard InChI is InChI=1S/C17H24N2O2S/c1-3-10-18-17(22)19(13-15-8-6-11-21-15)12-14-7-4-5-9-16(14)20-2/h3-5,7,9,15H,1,6,8,10-13H2,2H3,(H,18,22). The van der Waals surface area contributed by atoms with E-state index in [-0.39, 0.29) is 6.10 Å². The number of hydrogen-bond acceptors (Lipinski definition) is 3. The summed E-state index contributed by atoms with van der Waals surface area (Å²) in [6.45, 7) is 6.72. The van der Waals surface area contributed by atoms with E-state index in [2.05, 4.69) is 22.9 Å². The molecule has 2 rings (SSSR count). The van der Waals surface area contributed by atoms with E-state index in [9.17, 15) is 0 Å². The first-order valence-electron chi connectivity index (χ1n) is 7.61. The van der Waals surface area contributed by atoms with Crippen LogP contribution < -0.4 is 10.1 Å². The van der Waals surface area contributed by atoms with Gasteiger partial charge < -0.3 is 19.7 Å². The van der Waals surface area contributed by atoms with Crippen molar-refractivity contribution >= 4 is 17.3 Å². The van der Waals surface area contributed by atoms with Gasteiger partial charge in [0.1, 0.15) is 5.75 Å². The maximum absolute atomic E-state index is 5.75. The average Bonchev–Trinajstić information content (AvgIpc) is 3.05. The molecule has 0 saturated carbocycles. The second kappa shape index (κ2) is 8.76. The van der Waals surface area contributed by atoms with Gasteiger partial charge in [0, 0.05) is 31.8 Å². The molecule has 1 fully saturated rings. The topological polar surface area (TPSA) is 33.7 Å². The van der Waals surface area contributed by atoms with E-state index in [1.807, 2.05) is 18.2 Å². The number of hydrogen-bond donors (Lipinski definition) is 1. The van der Waals surface area contributed by atoms with Crippen molar-refractivity contribution in [2.75, 3.05) is 26.8 Å². The summed E-state index contributed by atoms with van der Waals surface area (Å²) in [5.41, 5.74) is 1.12. The number of nitrogens with one attached hydrogen (secondary N) is 1. The minimum absolute atomic E-state index is 0.248. The molecular formula is C17H24N2O2S. The van der Waals surface area contributed by atoms with Gasteiger partial charge >= 0.3 is 0 Å². The van der Waals surface area contributed by atoms with Gasteiger partial charge in [-0.2, -0.15) is 0 Å². The predicted molar refractivity (Wildman–Crippen MR) is 93.2 cm³/mol. The van der Waals surface area contributed by atoms with Gasteiger partial charge in [0.15, 0.2) is 5.11 Å². The zero-order valence-corrected chi connectivity index (χ0v) is 13.9. The van der Waals surface area contributed by atoms with Gasteiger partial charge in [0.2, 0.25) is 0 Å². The normalized spacial score (nSPS) is 17.0. The lowest BCUT2D eigenvalue weighted by Gasteiger charge is -2.28. The van der Waals surface area contributed by atoms with E-state index in [0.717, 1.165) is 42.4 Å². The fourth-order valence-electron chi connectivity index (χ4n) is 2.56. The quantitative estimate of drug-likeness (QED) is 0.617. The summed E-state index contributed by atoms with van der Waals surface area (Å²) in [6, 6.07) is 8.03. The van der Waals surface area contributed by atoms with Crippen LogP contribution in [0.2, 0.25) is 0 Å². The fraction of sp³-hybridized carbons (Fsp3) is 0.471. The third kappa shape index (κ3) is 4.71. The Hall–Kier alpha value is -1.59. The van der Waals surface area contributed by atoms with E-state index in [0.29, 0.717) is 13.1 Å². The molecule has 0 aromatic heterocycles. The molecule has 4 nitrogen and oxygen atoms in total. The molecule has 0 aliphatic carbocycles. The van der Waals surface area contributed by atoms with Crippen LogP contribution in [-0.2, 0) is 11.3 Å². The lowest BCUT2D eigenvalue weighted by atomic mass is 10.1. The van der Waals surface area contributed by atoms with Crippen molar-refractivity contribution in [1.29, 1.82) is 0 Å². The zero-order valence-electron chi connectivity index (χ0n) is 13.1. The summed E-state index contributed by atoms with van der Waals surface area (Å²) < 4.78 is 11.2. The van der Waals surface area contributed by atoms with Crippen LogP contribution in [0.15, 0.2) is 36.9 Å². The molecule has 22 heavy (non-hydrogen) atoms. The highest BCUT2D eigenvalue weighted by Crippen LogP contribution is 2.21. The molecule has 0 bridgehead atoms. The van der Waals surface area contributed by atoms with Crippen LogP contribution in [0.25, 0.3) is 0 Å². The first-order valence-corrected chi connectivity index (χ1v) is 8.02. The van der Waals surface area contributed by atoms with Gasteiger partial charge in [-0.05, 0) is 31.1 Å². The predicted octanol–water partition coefficient (Wildman–Crippen LogP) is 2.74. The molecule has 1 aliphatic rings. The number of methoxy groups -OCH3 is 1. The van der Waals surface area contributed by atoms with Gasteiger partial charge in [-0.3, -0.25) is 0 Å². The van der Waals surface area contributed by atoms with E-state index in [4.69, 9.17) is 21.7 Å². The molecule has 0 amide bonds. The molecule has 1 atom stereocenters. The molecule has 0 radical (unpaired) electrons. The largest absolute Gasteiger partial charge is 0.496 e. The molecule has 1 N–H and O–H groups in total.